The minimum atomic E-state index is -1.68. The molecule has 322 valence electrons. The largest absolute Gasteiger partial charge is 0.458 e. The van der Waals surface area contributed by atoms with Crippen LogP contribution in [0, 0.1) is 17.6 Å². The number of imidazole rings is 1. The van der Waals surface area contributed by atoms with E-state index in [9.17, 15) is 47.4 Å². The number of carbonyl (C=O) groups is 7. The summed E-state index contributed by atoms with van der Waals surface area (Å²) in [5, 5.41) is 18.5. The lowest BCUT2D eigenvalue weighted by atomic mass is 10.0. The first-order valence-electron chi connectivity index (χ1n) is 19.9. The zero-order chi connectivity index (χ0) is 43.6. The molecule has 0 spiro atoms. The summed E-state index contributed by atoms with van der Waals surface area (Å²) in [6.45, 7) is 6.08. The number of aliphatic hydroxyl groups excluding tert-OH is 1. The van der Waals surface area contributed by atoms with Crippen molar-refractivity contribution in [2.75, 3.05) is 20.1 Å². The van der Waals surface area contributed by atoms with E-state index in [0.29, 0.717) is 29.1 Å². The van der Waals surface area contributed by atoms with Gasteiger partial charge in [0.15, 0.2) is 0 Å². The van der Waals surface area contributed by atoms with Crippen molar-refractivity contribution in [3.63, 3.8) is 0 Å². The van der Waals surface area contributed by atoms with Gasteiger partial charge in [-0.1, -0.05) is 13.0 Å². The van der Waals surface area contributed by atoms with Gasteiger partial charge in [-0.05, 0) is 81.3 Å². The van der Waals surface area contributed by atoms with Gasteiger partial charge in [-0.2, -0.15) is 0 Å². The third kappa shape index (κ3) is 9.56. The average molecular weight is 837 g/mol. The SMILES string of the molecule is C[C@@H]1C[C@H]2C(=O)O[C@@H](C)[C@H](NC(=O)[C@H](Cc3cc(F)cc(F)c3)NC(=O)Cc3ccc4nc[nH]c4c3)C(=O)N3CCC[C@H]3C(=O)N(C)[C@@H]([C@H](C)O)C(=O)N[C@@H](C)C(=O)N2C1. The van der Waals surface area contributed by atoms with Crippen molar-refractivity contribution in [2.24, 2.45) is 5.92 Å². The van der Waals surface area contributed by atoms with E-state index in [1.807, 2.05) is 6.92 Å². The van der Waals surface area contributed by atoms with E-state index in [1.165, 1.54) is 43.9 Å². The molecule has 3 aliphatic heterocycles. The van der Waals surface area contributed by atoms with Crippen LogP contribution in [0.2, 0.25) is 0 Å². The number of ether oxygens (including phenoxy) is 1. The lowest BCUT2D eigenvalue weighted by Crippen LogP contribution is -2.63. The van der Waals surface area contributed by atoms with Gasteiger partial charge in [0.05, 0.1) is 29.9 Å². The van der Waals surface area contributed by atoms with Crippen LogP contribution in [0.15, 0.2) is 42.7 Å². The Morgan fingerprint density at radius 3 is 2.38 bits per heavy atom. The predicted molar refractivity (Wildman–Crippen MR) is 209 cm³/mol. The molecule has 3 fully saturated rings. The van der Waals surface area contributed by atoms with Crippen LogP contribution in [0.4, 0.5) is 8.78 Å². The van der Waals surface area contributed by atoms with E-state index in [2.05, 4.69) is 25.9 Å². The van der Waals surface area contributed by atoms with Crippen LogP contribution >= 0.6 is 0 Å². The average Bonchev–Trinajstić information content (AvgIpc) is 3.95. The number of hydrogen-bond acceptors (Lipinski definition) is 10. The molecule has 0 aliphatic carbocycles. The third-order valence-electron chi connectivity index (χ3n) is 11.3. The predicted octanol–water partition coefficient (Wildman–Crippen LogP) is 0.482. The molecular formula is C41H50F2N8O9. The summed E-state index contributed by atoms with van der Waals surface area (Å²) in [4.78, 5) is 108. The highest BCUT2D eigenvalue weighted by atomic mass is 19.1. The van der Waals surface area contributed by atoms with Crippen LogP contribution in [0.3, 0.4) is 0 Å². The minimum absolute atomic E-state index is 0.00917. The molecule has 2 aromatic carbocycles. The summed E-state index contributed by atoms with van der Waals surface area (Å²) in [6.07, 6.45) is -1.29. The van der Waals surface area contributed by atoms with Gasteiger partial charge in [0.1, 0.15) is 54.0 Å². The van der Waals surface area contributed by atoms with Crippen LogP contribution in [0.25, 0.3) is 11.0 Å². The number of halogens is 2. The van der Waals surface area contributed by atoms with Crippen LogP contribution < -0.4 is 16.0 Å². The second-order valence-corrected chi connectivity index (χ2v) is 16.1. The minimum Gasteiger partial charge on any atom is -0.458 e. The van der Waals surface area contributed by atoms with Crippen molar-refractivity contribution < 1.29 is 52.2 Å². The van der Waals surface area contributed by atoms with Crippen LogP contribution in [0.5, 0.6) is 0 Å². The number of nitrogens with one attached hydrogen (secondary N) is 4. The number of esters is 1. The number of H-pyrrole nitrogens is 1. The number of likely N-dealkylation sites (N-methyl/N-ethyl adjacent to an activating group) is 1. The van der Waals surface area contributed by atoms with Crippen molar-refractivity contribution in [1.82, 2.24) is 40.6 Å². The molecule has 0 bridgehead atoms. The molecule has 0 saturated carbocycles. The highest BCUT2D eigenvalue weighted by Gasteiger charge is 2.47. The molecule has 1 aromatic heterocycles. The molecule has 3 aromatic rings. The standard InChI is InChI=1S/C41H50F2N8O9/c1-20-11-32-41(59)60-23(4)34(40(58)50-10-6-7-31(50)39(57)49(5)35(22(3)52)37(55)46-21(2)38(56)51(32)18-20)48-36(54)30(15-25-12-26(42)17-27(43)13-25)47-33(53)16-24-8-9-28-29(14-24)45-19-44-28/h8-9,12-14,17,19-23,30-32,34-35,52H,6-7,10-11,15-16,18H2,1-5H3,(H,44,45)(H,46,55)(H,47,53)(H,48,54)/t20-,21+,22+,23+,30+,31+,32+,34+,35+/m1/s1. The van der Waals surface area contributed by atoms with Gasteiger partial charge in [-0.15, -0.1) is 0 Å². The fourth-order valence-corrected chi connectivity index (χ4v) is 8.34. The fourth-order valence-electron chi connectivity index (χ4n) is 8.34. The molecule has 60 heavy (non-hydrogen) atoms. The summed E-state index contributed by atoms with van der Waals surface area (Å²) in [5.41, 5.74) is 1.89. The Hall–Kier alpha value is -5.98. The van der Waals surface area contributed by atoms with Gasteiger partial charge < -0.3 is 45.5 Å². The van der Waals surface area contributed by atoms with Gasteiger partial charge in [-0.3, -0.25) is 28.8 Å². The first-order chi connectivity index (χ1) is 28.4. The summed E-state index contributed by atoms with van der Waals surface area (Å²) in [6, 6.07) is -0.414. The monoisotopic (exact) mass is 836 g/mol. The molecular weight excluding hydrogens is 786 g/mol. The topological polar surface area (TPSA) is 223 Å². The Kier molecular flexibility index (Phi) is 13.2. The van der Waals surface area contributed by atoms with Crippen LogP contribution in [-0.4, -0.2) is 140 Å². The summed E-state index contributed by atoms with van der Waals surface area (Å²) < 4.78 is 34.6. The van der Waals surface area contributed by atoms with E-state index in [-0.39, 0.29) is 43.8 Å². The number of hydrogen-bond donors (Lipinski definition) is 5. The molecule has 19 heteroatoms. The number of aromatic nitrogens is 2. The maximum Gasteiger partial charge on any atom is 0.329 e. The lowest BCUT2D eigenvalue weighted by molar-refractivity contribution is -0.163. The van der Waals surface area contributed by atoms with Crippen LogP contribution in [-0.2, 0) is 51.1 Å². The summed E-state index contributed by atoms with van der Waals surface area (Å²) in [7, 11) is 1.30. The smallest absolute Gasteiger partial charge is 0.329 e. The van der Waals surface area contributed by atoms with Crippen molar-refractivity contribution >= 4 is 52.4 Å². The number of amides is 6. The number of cyclic esters (lactones) is 1. The normalized spacial score (nSPS) is 26.6. The summed E-state index contributed by atoms with van der Waals surface area (Å²) in [5.74, 6) is -7.52. The molecule has 6 rings (SSSR count). The maximum absolute atomic E-state index is 14.7. The molecule has 9 atom stereocenters. The zero-order valence-electron chi connectivity index (χ0n) is 33.9. The molecule has 4 heterocycles. The van der Waals surface area contributed by atoms with E-state index in [0.717, 1.165) is 17.0 Å². The first kappa shape index (κ1) is 43.6. The highest BCUT2D eigenvalue weighted by Crippen LogP contribution is 2.27. The molecule has 6 amide bonds. The molecule has 5 N–H and O–H groups in total. The Balaban J connectivity index is 1.34. The number of benzene rings is 2. The second-order valence-electron chi connectivity index (χ2n) is 16.1. The highest BCUT2D eigenvalue weighted by molar-refractivity contribution is 5.98. The number of aromatic amines is 1. The van der Waals surface area contributed by atoms with Gasteiger partial charge in [0.25, 0.3) is 0 Å². The van der Waals surface area contributed by atoms with Gasteiger partial charge >= 0.3 is 5.97 Å². The number of aliphatic hydroxyl groups is 1. The Bertz CT molecular complexity index is 2150. The number of carbonyl (C=O) groups excluding carboxylic acids is 7. The van der Waals surface area contributed by atoms with Crippen molar-refractivity contribution in [3.05, 3.63) is 65.5 Å². The zero-order valence-corrected chi connectivity index (χ0v) is 33.9. The third-order valence-corrected chi connectivity index (χ3v) is 11.3. The summed E-state index contributed by atoms with van der Waals surface area (Å²) >= 11 is 0. The number of fused-ring (bicyclic) bond motifs is 3. The van der Waals surface area contributed by atoms with Gasteiger partial charge in [0, 0.05) is 32.6 Å². The number of rotatable bonds is 8. The molecule has 3 saturated heterocycles. The van der Waals surface area contributed by atoms with Crippen LogP contribution in [0.1, 0.15) is 58.1 Å². The van der Waals surface area contributed by atoms with E-state index >= 15 is 0 Å². The maximum atomic E-state index is 14.7. The second kappa shape index (κ2) is 18.1. The Labute approximate surface area is 344 Å². The van der Waals surface area contributed by atoms with Gasteiger partial charge in [-0.25, -0.2) is 18.6 Å². The Morgan fingerprint density at radius 1 is 0.967 bits per heavy atom. The van der Waals surface area contributed by atoms with Gasteiger partial charge in [0.2, 0.25) is 35.4 Å². The van der Waals surface area contributed by atoms with Crippen molar-refractivity contribution in [1.29, 1.82) is 0 Å². The molecule has 3 aliphatic rings. The lowest BCUT2D eigenvalue weighted by Gasteiger charge is -2.37. The molecule has 0 radical (unpaired) electrons. The van der Waals surface area contributed by atoms with E-state index < -0.39 is 108 Å². The number of nitrogens with zero attached hydrogens (tertiary/aromatic N) is 4. The quantitative estimate of drug-likeness (QED) is 0.198. The van der Waals surface area contributed by atoms with Crippen molar-refractivity contribution in [3.8, 4) is 0 Å². The first-order valence-corrected chi connectivity index (χ1v) is 19.9. The van der Waals surface area contributed by atoms with E-state index in [4.69, 9.17) is 4.74 Å². The van der Waals surface area contributed by atoms with Crippen molar-refractivity contribution in [2.45, 2.75) is 108 Å². The molecule has 17 nitrogen and oxygen atoms in total. The Morgan fingerprint density at radius 2 is 1.68 bits per heavy atom. The molecule has 0 unspecified atom stereocenters. The van der Waals surface area contributed by atoms with E-state index in [1.54, 1.807) is 18.2 Å². The fraction of sp³-hybridized carbons (Fsp3) is 0.512.